The Morgan fingerprint density at radius 1 is 0.467 bits per heavy atom. The van der Waals surface area contributed by atoms with Crippen LogP contribution in [0.4, 0.5) is 8.78 Å². The van der Waals surface area contributed by atoms with Gasteiger partial charge in [-0.2, -0.15) is 0 Å². The summed E-state index contributed by atoms with van der Waals surface area (Å²) in [6, 6.07) is 21.1. The minimum absolute atomic E-state index is 0.341. The van der Waals surface area contributed by atoms with Gasteiger partial charge in [-0.25, -0.2) is 8.78 Å². The normalized spacial score (nSPS) is 12.3. The summed E-state index contributed by atoms with van der Waals surface area (Å²) >= 11 is 0. The highest BCUT2D eigenvalue weighted by Gasteiger charge is 2.20. The molecule has 0 saturated heterocycles. The van der Waals surface area contributed by atoms with Gasteiger partial charge in [-0.15, -0.1) is 0 Å². The maximum atomic E-state index is 13.9. The van der Waals surface area contributed by atoms with Crippen molar-refractivity contribution in [2.45, 2.75) is 0 Å². The SMILES string of the molecule is Fc1ccc2c(c1)oc1c3cccc4c5ccc(F)cc5oc(c5cccc2c51)c43. The molecule has 0 fully saturated rings. The largest absolute Gasteiger partial charge is 0.455 e. The van der Waals surface area contributed by atoms with E-state index in [1.807, 2.05) is 36.4 Å². The Morgan fingerprint density at radius 3 is 1.37 bits per heavy atom. The second-order valence-corrected chi connectivity index (χ2v) is 7.60. The van der Waals surface area contributed by atoms with Crippen molar-refractivity contribution in [2.75, 3.05) is 0 Å². The molecule has 2 aromatic heterocycles. The quantitative estimate of drug-likeness (QED) is 0.192. The Morgan fingerprint density at radius 2 is 0.900 bits per heavy atom. The van der Waals surface area contributed by atoms with Gasteiger partial charge in [-0.05, 0) is 35.0 Å². The molecule has 4 heteroatoms. The molecule has 0 N–H and O–H groups in total. The Balaban J connectivity index is 1.87. The van der Waals surface area contributed by atoms with E-state index in [1.165, 1.54) is 24.3 Å². The zero-order valence-corrected chi connectivity index (χ0v) is 15.5. The molecule has 0 aliphatic heterocycles. The van der Waals surface area contributed by atoms with Crippen molar-refractivity contribution in [3.05, 3.63) is 84.4 Å². The molecule has 0 spiro atoms. The van der Waals surface area contributed by atoms with Gasteiger partial charge in [0.1, 0.15) is 34.0 Å². The van der Waals surface area contributed by atoms with E-state index in [-0.39, 0.29) is 11.6 Å². The molecular weight excluding hydrogens is 382 g/mol. The second kappa shape index (κ2) is 5.36. The van der Waals surface area contributed by atoms with Crippen LogP contribution in [0.25, 0.3) is 65.4 Å². The number of rotatable bonds is 0. The summed E-state index contributed by atoms with van der Waals surface area (Å²) in [4.78, 5) is 0. The first kappa shape index (κ1) is 15.9. The highest BCUT2D eigenvalue weighted by Crippen LogP contribution is 2.44. The standard InChI is InChI=1S/C26H12F2O2/c27-13-7-9-15-17-3-1-5-19-23(17)26(30-21(15)11-13)20-6-2-4-18-16-10-8-14(28)12-22(16)29-25(19)24(18)20/h1-12H. The van der Waals surface area contributed by atoms with Crippen molar-refractivity contribution in [2.24, 2.45) is 0 Å². The molecular formula is C26H12F2O2. The highest BCUT2D eigenvalue weighted by atomic mass is 19.1. The minimum Gasteiger partial charge on any atom is -0.455 e. The molecule has 30 heavy (non-hydrogen) atoms. The lowest BCUT2D eigenvalue weighted by Gasteiger charge is -2.15. The topological polar surface area (TPSA) is 26.3 Å². The smallest absolute Gasteiger partial charge is 0.144 e. The summed E-state index contributed by atoms with van der Waals surface area (Å²) in [7, 11) is 0. The summed E-state index contributed by atoms with van der Waals surface area (Å²) in [5.74, 6) is -0.683. The van der Waals surface area contributed by atoms with Crippen LogP contribution in [0.3, 0.4) is 0 Å². The van der Waals surface area contributed by atoms with Crippen molar-refractivity contribution < 1.29 is 17.6 Å². The van der Waals surface area contributed by atoms with Crippen LogP contribution in [-0.2, 0) is 0 Å². The number of halogens is 2. The van der Waals surface area contributed by atoms with Gasteiger partial charge in [-0.3, -0.25) is 0 Å². The van der Waals surface area contributed by atoms with Gasteiger partial charge in [-0.1, -0.05) is 36.4 Å². The third kappa shape index (κ3) is 1.90. The fourth-order valence-corrected chi connectivity index (χ4v) is 4.73. The molecule has 0 unspecified atom stereocenters. The fourth-order valence-electron chi connectivity index (χ4n) is 4.73. The molecule has 0 aliphatic rings. The molecule has 2 heterocycles. The van der Waals surface area contributed by atoms with E-state index in [4.69, 9.17) is 8.83 Å². The van der Waals surface area contributed by atoms with Crippen LogP contribution in [0.15, 0.2) is 81.6 Å². The van der Waals surface area contributed by atoms with E-state index in [1.54, 1.807) is 12.1 Å². The summed E-state index contributed by atoms with van der Waals surface area (Å²) in [5, 5.41) is 7.17. The van der Waals surface area contributed by atoms with Crippen molar-refractivity contribution in [3.63, 3.8) is 0 Å². The molecule has 7 aromatic rings. The van der Waals surface area contributed by atoms with Crippen molar-refractivity contribution in [3.8, 4) is 0 Å². The molecule has 5 aromatic carbocycles. The molecule has 0 amide bonds. The van der Waals surface area contributed by atoms with Gasteiger partial charge in [0, 0.05) is 44.5 Å². The molecule has 2 nitrogen and oxygen atoms in total. The predicted molar refractivity (Wildman–Crippen MR) is 116 cm³/mol. The zero-order valence-electron chi connectivity index (χ0n) is 15.5. The summed E-state index contributed by atoms with van der Waals surface area (Å²) in [5.41, 5.74) is 2.37. The Labute approximate surface area is 167 Å². The maximum Gasteiger partial charge on any atom is 0.144 e. The van der Waals surface area contributed by atoms with Gasteiger partial charge >= 0.3 is 0 Å². The minimum atomic E-state index is -0.341. The van der Waals surface area contributed by atoms with Gasteiger partial charge in [0.25, 0.3) is 0 Å². The first-order valence-corrected chi connectivity index (χ1v) is 9.66. The highest BCUT2D eigenvalue weighted by molar-refractivity contribution is 6.34. The Bertz CT molecular complexity index is 1690. The Kier molecular flexibility index (Phi) is 2.85. The first-order chi connectivity index (χ1) is 14.7. The number of fused-ring (bicyclic) bond motifs is 6. The van der Waals surface area contributed by atoms with Crippen LogP contribution in [0.2, 0.25) is 0 Å². The zero-order chi connectivity index (χ0) is 20.0. The van der Waals surface area contributed by atoms with E-state index >= 15 is 0 Å². The summed E-state index contributed by atoms with van der Waals surface area (Å²) in [6.45, 7) is 0. The lowest BCUT2D eigenvalue weighted by Crippen LogP contribution is -1.90. The average Bonchev–Trinajstić information content (AvgIpc) is 2.76. The lowest BCUT2D eigenvalue weighted by molar-refractivity contribution is 0.615. The van der Waals surface area contributed by atoms with Gasteiger partial charge < -0.3 is 8.83 Å². The van der Waals surface area contributed by atoms with Crippen LogP contribution in [0.5, 0.6) is 0 Å². The van der Waals surface area contributed by atoms with Crippen molar-refractivity contribution in [1.82, 2.24) is 0 Å². The van der Waals surface area contributed by atoms with Crippen LogP contribution in [0.1, 0.15) is 0 Å². The molecule has 142 valence electrons. The van der Waals surface area contributed by atoms with Crippen LogP contribution in [-0.4, -0.2) is 0 Å². The van der Waals surface area contributed by atoms with Crippen LogP contribution in [0, 0.1) is 11.6 Å². The first-order valence-electron chi connectivity index (χ1n) is 9.66. The van der Waals surface area contributed by atoms with E-state index < -0.39 is 0 Å². The Hall–Kier alpha value is -3.92. The van der Waals surface area contributed by atoms with Crippen molar-refractivity contribution in [1.29, 1.82) is 0 Å². The van der Waals surface area contributed by atoms with Gasteiger partial charge in [0.05, 0.1) is 0 Å². The fraction of sp³-hybridized carbons (Fsp3) is 0. The van der Waals surface area contributed by atoms with Crippen LogP contribution >= 0.6 is 0 Å². The number of hydrogen-bond acceptors (Lipinski definition) is 2. The summed E-state index contributed by atoms with van der Waals surface area (Å²) < 4.78 is 40.4. The third-order valence-corrected chi connectivity index (χ3v) is 5.96. The molecule has 0 bridgehead atoms. The van der Waals surface area contributed by atoms with Crippen molar-refractivity contribution >= 4 is 65.4 Å². The molecule has 0 atom stereocenters. The number of hydrogen-bond donors (Lipinski definition) is 0. The molecule has 0 saturated carbocycles. The maximum absolute atomic E-state index is 13.9. The van der Waals surface area contributed by atoms with Gasteiger partial charge in [0.2, 0.25) is 0 Å². The van der Waals surface area contributed by atoms with Crippen LogP contribution < -0.4 is 0 Å². The molecule has 0 aliphatic carbocycles. The summed E-state index contributed by atoms with van der Waals surface area (Å²) in [6.07, 6.45) is 0. The van der Waals surface area contributed by atoms with E-state index in [9.17, 15) is 8.78 Å². The van der Waals surface area contributed by atoms with E-state index in [0.717, 1.165) is 43.1 Å². The molecule has 7 rings (SSSR count). The second-order valence-electron chi connectivity index (χ2n) is 7.60. The predicted octanol–water partition coefficient (Wildman–Crippen LogP) is 8.07. The average molecular weight is 394 g/mol. The third-order valence-electron chi connectivity index (χ3n) is 5.96. The number of benzene rings is 5. The van der Waals surface area contributed by atoms with E-state index in [2.05, 4.69) is 0 Å². The monoisotopic (exact) mass is 394 g/mol. The lowest BCUT2D eigenvalue weighted by atomic mass is 9.94. The van der Waals surface area contributed by atoms with Gasteiger partial charge in [0.15, 0.2) is 0 Å². The van der Waals surface area contributed by atoms with E-state index in [0.29, 0.717) is 22.3 Å². The molecule has 0 radical (unpaired) electrons.